The van der Waals surface area contributed by atoms with Crippen LogP contribution in [-0.4, -0.2) is 5.60 Å². The van der Waals surface area contributed by atoms with Gasteiger partial charge in [0.05, 0.1) is 5.38 Å². The summed E-state index contributed by atoms with van der Waals surface area (Å²) in [5.41, 5.74) is 2.50. The van der Waals surface area contributed by atoms with Crippen molar-refractivity contribution in [1.82, 2.24) is 0 Å². The second kappa shape index (κ2) is 7.54. The molecule has 0 saturated heterocycles. The molecular formula is C19H29ClO. The van der Waals surface area contributed by atoms with Crippen molar-refractivity contribution < 1.29 is 4.74 Å². The van der Waals surface area contributed by atoms with E-state index in [1.54, 1.807) is 0 Å². The molecule has 0 N–H and O–H groups in total. The zero-order chi connectivity index (χ0) is 15.3. The maximum absolute atomic E-state index is 6.58. The summed E-state index contributed by atoms with van der Waals surface area (Å²) in [4.78, 5) is 0. The molecule has 0 spiro atoms. The maximum atomic E-state index is 6.58. The van der Waals surface area contributed by atoms with Crippen LogP contribution in [0.5, 0.6) is 5.75 Å². The number of hydrogen-bond acceptors (Lipinski definition) is 1. The number of fused-ring (bicyclic) bond motifs is 1. The molecule has 1 unspecified atom stereocenters. The van der Waals surface area contributed by atoms with E-state index in [1.807, 2.05) is 0 Å². The van der Waals surface area contributed by atoms with Gasteiger partial charge in [-0.1, -0.05) is 57.6 Å². The van der Waals surface area contributed by atoms with Crippen molar-refractivity contribution >= 4 is 11.6 Å². The lowest BCUT2D eigenvalue weighted by Crippen LogP contribution is -2.24. The van der Waals surface area contributed by atoms with Crippen molar-refractivity contribution in [1.29, 1.82) is 0 Å². The highest BCUT2D eigenvalue weighted by Crippen LogP contribution is 2.38. The third-order valence-electron chi connectivity index (χ3n) is 4.26. The topological polar surface area (TPSA) is 9.23 Å². The molecule has 1 nitrogen and oxygen atoms in total. The summed E-state index contributed by atoms with van der Waals surface area (Å²) in [6, 6.07) is 6.48. The lowest BCUT2D eigenvalue weighted by molar-refractivity contribution is 0.138. The van der Waals surface area contributed by atoms with Gasteiger partial charge >= 0.3 is 0 Å². The summed E-state index contributed by atoms with van der Waals surface area (Å²) in [7, 11) is 0. The van der Waals surface area contributed by atoms with Gasteiger partial charge in [-0.2, -0.15) is 0 Å². The second-order valence-corrected chi connectivity index (χ2v) is 7.46. The van der Waals surface area contributed by atoms with E-state index < -0.39 is 0 Å². The Bertz CT molecular complexity index is 453. The van der Waals surface area contributed by atoms with Crippen molar-refractivity contribution in [2.45, 2.75) is 83.1 Å². The summed E-state index contributed by atoms with van der Waals surface area (Å²) in [6.07, 6.45) is 10.0. The Hall–Kier alpha value is -0.690. The number of halogens is 1. The van der Waals surface area contributed by atoms with Crippen LogP contribution in [-0.2, 0) is 6.42 Å². The third kappa shape index (κ3) is 4.92. The molecule has 0 saturated carbocycles. The van der Waals surface area contributed by atoms with E-state index in [9.17, 15) is 0 Å². The minimum atomic E-state index is -0.0674. The average Bonchev–Trinajstić information content (AvgIpc) is 2.75. The fourth-order valence-electron chi connectivity index (χ4n) is 3.09. The molecule has 0 bridgehead atoms. The van der Waals surface area contributed by atoms with Crippen molar-refractivity contribution in [2.75, 3.05) is 0 Å². The molecule has 118 valence electrons. The van der Waals surface area contributed by atoms with Crippen LogP contribution in [0.2, 0.25) is 0 Å². The van der Waals surface area contributed by atoms with Gasteiger partial charge in [0.15, 0.2) is 0 Å². The van der Waals surface area contributed by atoms with Gasteiger partial charge in [-0.15, -0.1) is 11.6 Å². The summed E-state index contributed by atoms with van der Waals surface area (Å²) >= 11 is 6.58. The quantitative estimate of drug-likeness (QED) is 0.397. The molecule has 1 aromatic carbocycles. The van der Waals surface area contributed by atoms with Crippen molar-refractivity contribution in [3.05, 3.63) is 29.3 Å². The summed E-state index contributed by atoms with van der Waals surface area (Å²) in [5, 5.41) is 0.144. The second-order valence-electron chi connectivity index (χ2n) is 6.93. The summed E-state index contributed by atoms with van der Waals surface area (Å²) in [5.74, 6) is 1.03. The van der Waals surface area contributed by atoms with Gasteiger partial charge in [-0.05, 0) is 37.5 Å². The van der Waals surface area contributed by atoms with E-state index in [2.05, 4.69) is 39.0 Å². The van der Waals surface area contributed by atoms with Crippen LogP contribution in [0.25, 0.3) is 0 Å². The van der Waals surface area contributed by atoms with Crippen LogP contribution in [0.4, 0.5) is 0 Å². The van der Waals surface area contributed by atoms with Gasteiger partial charge in [-0.25, -0.2) is 0 Å². The monoisotopic (exact) mass is 308 g/mol. The Morgan fingerprint density at radius 2 is 1.86 bits per heavy atom. The molecule has 1 atom stereocenters. The molecule has 2 heteroatoms. The van der Waals surface area contributed by atoms with E-state index in [1.165, 1.54) is 49.7 Å². The lowest BCUT2D eigenvalue weighted by atomic mass is 9.98. The van der Waals surface area contributed by atoms with E-state index in [-0.39, 0.29) is 11.0 Å². The van der Waals surface area contributed by atoms with Crippen molar-refractivity contribution in [3.8, 4) is 5.75 Å². The van der Waals surface area contributed by atoms with E-state index >= 15 is 0 Å². The van der Waals surface area contributed by atoms with Crippen molar-refractivity contribution in [3.63, 3.8) is 0 Å². The van der Waals surface area contributed by atoms with Crippen molar-refractivity contribution in [2.24, 2.45) is 0 Å². The predicted octanol–water partition coefficient (Wildman–Crippen LogP) is 6.43. The van der Waals surface area contributed by atoms with Crippen LogP contribution < -0.4 is 4.74 Å². The minimum absolute atomic E-state index is 0.0674. The first-order chi connectivity index (χ1) is 10.0. The predicted molar refractivity (Wildman–Crippen MR) is 91.4 cm³/mol. The maximum Gasteiger partial charge on any atom is 0.123 e. The standard InChI is InChI=1S/C19H29ClO/c1-4-5-6-7-8-9-10-17(20)15-11-12-18-16(13-15)14-19(2,3)21-18/h11-13,17H,4-10,14H2,1-3H3. The van der Waals surface area contributed by atoms with Gasteiger partial charge < -0.3 is 4.74 Å². The molecular weight excluding hydrogens is 280 g/mol. The van der Waals surface area contributed by atoms with Gasteiger partial charge in [0.25, 0.3) is 0 Å². The Labute approximate surface area is 135 Å². The largest absolute Gasteiger partial charge is 0.487 e. The number of hydrogen-bond donors (Lipinski definition) is 0. The molecule has 1 aromatic rings. The smallest absolute Gasteiger partial charge is 0.123 e. The lowest BCUT2D eigenvalue weighted by Gasteiger charge is -2.16. The number of alkyl halides is 1. The third-order valence-corrected chi connectivity index (χ3v) is 4.73. The normalized spacial score (nSPS) is 17.3. The molecule has 1 aliphatic heterocycles. The Morgan fingerprint density at radius 1 is 1.14 bits per heavy atom. The Kier molecular flexibility index (Phi) is 5.98. The Balaban J connectivity index is 1.80. The van der Waals surface area contributed by atoms with Gasteiger partial charge in [0.2, 0.25) is 0 Å². The van der Waals surface area contributed by atoms with Crippen LogP contribution in [0.15, 0.2) is 18.2 Å². The van der Waals surface area contributed by atoms with Crippen LogP contribution in [0.1, 0.15) is 82.2 Å². The van der Waals surface area contributed by atoms with Crippen LogP contribution in [0.3, 0.4) is 0 Å². The average molecular weight is 309 g/mol. The number of ether oxygens (including phenoxy) is 1. The zero-order valence-corrected chi connectivity index (χ0v) is 14.5. The number of unbranched alkanes of at least 4 members (excludes halogenated alkanes) is 5. The molecule has 21 heavy (non-hydrogen) atoms. The number of benzene rings is 1. The van der Waals surface area contributed by atoms with Gasteiger partial charge in [0.1, 0.15) is 11.4 Å². The highest BCUT2D eigenvalue weighted by Gasteiger charge is 2.30. The highest BCUT2D eigenvalue weighted by atomic mass is 35.5. The van der Waals surface area contributed by atoms with E-state index in [0.29, 0.717) is 0 Å². The molecule has 0 amide bonds. The first kappa shape index (κ1) is 16.7. The van der Waals surface area contributed by atoms with Crippen LogP contribution >= 0.6 is 11.6 Å². The summed E-state index contributed by atoms with van der Waals surface area (Å²) in [6.45, 7) is 6.54. The van der Waals surface area contributed by atoms with Gasteiger partial charge in [-0.3, -0.25) is 0 Å². The molecule has 1 aliphatic rings. The van der Waals surface area contributed by atoms with Gasteiger partial charge in [0, 0.05) is 6.42 Å². The Morgan fingerprint density at radius 3 is 2.62 bits per heavy atom. The molecule has 1 heterocycles. The highest BCUT2D eigenvalue weighted by molar-refractivity contribution is 6.20. The molecule has 2 rings (SSSR count). The molecule has 0 aliphatic carbocycles. The molecule has 0 radical (unpaired) electrons. The first-order valence-electron chi connectivity index (χ1n) is 8.48. The SMILES string of the molecule is CCCCCCCCC(Cl)c1ccc2c(c1)CC(C)(C)O2. The fourth-order valence-corrected chi connectivity index (χ4v) is 3.38. The molecule has 0 aromatic heterocycles. The first-order valence-corrected chi connectivity index (χ1v) is 8.91. The van der Waals surface area contributed by atoms with Crippen LogP contribution in [0, 0.1) is 0 Å². The minimum Gasteiger partial charge on any atom is -0.487 e. The molecule has 0 fully saturated rings. The summed E-state index contributed by atoms with van der Waals surface area (Å²) < 4.78 is 5.92. The zero-order valence-electron chi connectivity index (χ0n) is 13.8. The number of rotatable bonds is 8. The fraction of sp³-hybridized carbons (Fsp3) is 0.684. The van der Waals surface area contributed by atoms with E-state index in [4.69, 9.17) is 16.3 Å². The van der Waals surface area contributed by atoms with E-state index in [0.717, 1.165) is 18.6 Å².